The molecule has 2 aromatic heterocycles. The number of alkyl carbamates (subject to hydrolysis) is 2. The van der Waals surface area contributed by atoms with Crippen LogP contribution in [0.3, 0.4) is 0 Å². The van der Waals surface area contributed by atoms with Gasteiger partial charge in [-0.25, -0.2) is 19.6 Å². The lowest BCUT2D eigenvalue weighted by molar-refractivity contribution is -0.137. The van der Waals surface area contributed by atoms with E-state index >= 15 is 0 Å². The lowest BCUT2D eigenvalue weighted by atomic mass is 9.85. The number of aromatic amines is 2. The Morgan fingerprint density at radius 3 is 1.31 bits per heavy atom. The molecule has 3 aliphatic heterocycles. The van der Waals surface area contributed by atoms with Crippen LogP contribution in [0.2, 0.25) is 0 Å². The summed E-state index contributed by atoms with van der Waals surface area (Å²) < 4.78 is 9.71. The van der Waals surface area contributed by atoms with Gasteiger partial charge in [0.2, 0.25) is 11.8 Å². The van der Waals surface area contributed by atoms with Gasteiger partial charge in [0.05, 0.1) is 49.8 Å². The van der Waals surface area contributed by atoms with Crippen molar-refractivity contribution in [2.45, 2.75) is 143 Å². The third-order valence-corrected chi connectivity index (χ3v) is 14.6. The highest BCUT2D eigenvalue weighted by Gasteiger charge is 2.43. The summed E-state index contributed by atoms with van der Waals surface area (Å²) in [5.74, 6) is 1.17. The largest absolute Gasteiger partial charge is 0.453 e. The predicted octanol–water partition coefficient (Wildman–Crippen LogP) is 10.7. The number of hydrogen-bond donors (Lipinski definition) is 4. The maximum Gasteiger partial charge on any atom is 0.407 e. The molecular weight excluding hydrogens is 895 g/mol. The van der Waals surface area contributed by atoms with Crippen molar-refractivity contribution in [3.63, 3.8) is 0 Å². The van der Waals surface area contributed by atoms with Crippen LogP contribution in [-0.2, 0) is 24.5 Å². The quantitative estimate of drug-likeness (QED) is 0.100. The van der Waals surface area contributed by atoms with Crippen LogP contribution < -0.4 is 15.5 Å². The minimum atomic E-state index is -0.749. The highest BCUT2D eigenvalue weighted by atomic mass is 16.5. The molecule has 0 unspecified atom stereocenters. The summed E-state index contributed by atoms with van der Waals surface area (Å²) in [6, 6.07) is 24.8. The summed E-state index contributed by atoms with van der Waals surface area (Å²) in [6.07, 6.45) is 7.74. The van der Waals surface area contributed by atoms with Crippen LogP contribution >= 0.6 is 0 Å². The van der Waals surface area contributed by atoms with Gasteiger partial charge in [-0.3, -0.25) is 9.59 Å². The molecule has 3 saturated heterocycles. The van der Waals surface area contributed by atoms with Crippen molar-refractivity contribution in [1.82, 2.24) is 40.4 Å². The number of hydrogen-bond acceptors (Lipinski definition) is 9. The first-order chi connectivity index (χ1) is 33.7. The minimum absolute atomic E-state index is 0.0243. The zero-order valence-corrected chi connectivity index (χ0v) is 43.4. The first kappa shape index (κ1) is 50.7. The van der Waals surface area contributed by atoms with Gasteiger partial charge in [0.25, 0.3) is 0 Å². The van der Waals surface area contributed by atoms with E-state index in [-0.39, 0.29) is 41.4 Å². The predicted molar refractivity (Wildman–Crippen MR) is 275 cm³/mol. The zero-order valence-electron chi connectivity index (χ0n) is 43.4. The number of carbonyl (C=O) groups is 4. The van der Waals surface area contributed by atoms with Gasteiger partial charge >= 0.3 is 12.2 Å². The van der Waals surface area contributed by atoms with Crippen molar-refractivity contribution >= 4 is 29.7 Å². The van der Waals surface area contributed by atoms with Gasteiger partial charge in [-0.05, 0) is 83.6 Å². The fraction of sp³-hybridized carbons (Fsp3) is 0.500. The molecule has 4 amide bonds. The third-order valence-electron chi connectivity index (χ3n) is 14.6. The smallest absolute Gasteiger partial charge is 0.407 e. The summed E-state index contributed by atoms with van der Waals surface area (Å²) in [6.45, 7) is 19.5. The van der Waals surface area contributed by atoms with E-state index in [2.05, 4.69) is 119 Å². The zero-order chi connectivity index (χ0) is 51.0. The lowest BCUT2D eigenvalue weighted by Crippen LogP contribution is -2.54. The van der Waals surface area contributed by atoms with E-state index in [4.69, 9.17) is 19.4 Å². The van der Waals surface area contributed by atoms with Crippen molar-refractivity contribution in [2.75, 3.05) is 32.2 Å². The topological polar surface area (TPSA) is 178 Å². The summed E-state index contributed by atoms with van der Waals surface area (Å²) >= 11 is 0. The normalized spacial score (nSPS) is 20.5. The number of nitrogens with zero attached hydrogens (tertiary/aromatic N) is 5. The van der Waals surface area contributed by atoms with E-state index in [9.17, 15) is 19.2 Å². The van der Waals surface area contributed by atoms with Gasteiger partial charge in [0.1, 0.15) is 23.7 Å². The highest BCUT2D eigenvalue weighted by molar-refractivity contribution is 5.88. The van der Waals surface area contributed by atoms with Crippen LogP contribution in [0.15, 0.2) is 85.2 Å². The number of nitrogens with one attached hydrogen (secondary N) is 4. The highest BCUT2D eigenvalue weighted by Crippen LogP contribution is 2.48. The molecule has 15 nitrogen and oxygen atoms in total. The number of rotatable bonds is 11. The van der Waals surface area contributed by atoms with Crippen LogP contribution in [0.5, 0.6) is 0 Å². The SMILES string of the molecule is COC(=O)N[C@H](C(=O)N1CCC[C@H]1c1nc(-c2ccc([C@@H]3CC[C@@H](c4ccc(-c5c[nH]c([C@@H]6CCCN6C(=O)[C@@H](NC(=O)OC)C(C)(C)C)n5)cc4)N3c3ccc(C(C)(C)C)cc3)cc2)c[nH]1)C(C)(C)C. The van der Waals surface area contributed by atoms with Gasteiger partial charge in [0.15, 0.2) is 0 Å². The number of carbonyl (C=O) groups excluding carboxylic acids is 4. The van der Waals surface area contributed by atoms with Crippen molar-refractivity contribution in [2.24, 2.45) is 10.8 Å². The molecule has 15 heteroatoms. The number of likely N-dealkylation sites (tertiary alicyclic amines) is 2. The number of amides is 4. The molecule has 5 heterocycles. The molecule has 3 aromatic carbocycles. The van der Waals surface area contributed by atoms with Gasteiger partial charge in [-0.2, -0.15) is 0 Å². The Hall–Kier alpha value is -6.64. The van der Waals surface area contributed by atoms with E-state index in [0.717, 1.165) is 72.7 Å². The standard InChI is InChI=1S/C56H73N9O6/c1-54(2,3)38-24-26-39(27-25-38)65-42(36-20-16-34(17-21-36)40-32-57-48(59-40)44-14-12-30-63(44)50(66)46(55(4,5)6)61-52(68)70-10)28-29-43(65)37-22-18-35(19-23-37)41-33-58-49(60-41)45-15-13-31-64(45)51(67)47(56(7,8)9)62-53(69)71-11/h16-27,32-33,42-47H,12-15,28-31H2,1-11H3,(H,57,59)(H,58,60)(H,61,68)(H,62,69)/t42-,43-,44-,45-,46+,47+/m0/s1. The summed E-state index contributed by atoms with van der Waals surface area (Å²) in [4.78, 5) is 75.5. The molecule has 0 aliphatic carbocycles. The Labute approximate surface area is 418 Å². The maximum absolute atomic E-state index is 14.0. The van der Waals surface area contributed by atoms with Gasteiger partial charge < -0.3 is 44.8 Å². The molecular formula is C56H73N9O6. The average Bonchev–Trinajstić information content (AvgIpc) is 4.21. The Balaban J connectivity index is 1.01. The number of methoxy groups -OCH3 is 2. The van der Waals surface area contributed by atoms with Crippen LogP contribution in [0.25, 0.3) is 22.5 Å². The van der Waals surface area contributed by atoms with Crippen LogP contribution in [0.1, 0.15) is 153 Å². The molecule has 4 N–H and O–H groups in total. The molecule has 0 spiro atoms. The van der Waals surface area contributed by atoms with Crippen LogP contribution in [0, 0.1) is 10.8 Å². The second-order valence-electron chi connectivity index (χ2n) is 22.6. The fourth-order valence-electron chi connectivity index (χ4n) is 10.6. The van der Waals surface area contributed by atoms with Crippen LogP contribution in [0.4, 0.5) is 15.3 Å². The number of anilines is 1. The van der Waals surface area contributed by atoms with Gasteiger partial charge in [-0.15, -0.1) is 0 Å². The summed E-state index contributed by atoms with van der Waals surface area (Å²) in [5.41, 5.74) is 7.47. The van der Waals surface area contributed by atoms with E-state index in [1.54, 1.807) is 0 Å². The van der Waals surface area contributed by atoms with Crippen LogP contribution in [-0.4, -0.2) is 93.1 Å². The van der Waals surface area contributed by atoms with Crippen molar-refractivity contribution in [3.8, 4) is 22.5 Å². The minimum Gasteiger partial charge on any atom is -0.453 e. The first-order valence-corrected chi connectivity index (χ1v) is 25.2. The summed E-state index contributed by atoms with van der Waals surface area (Å²) in [7, 11) is 2.61. The Morgan fingerprint density at radius 1 is 0.563 bits per heavy atom. The molecule has 0 saturated carbocycles. The molecule has 6 atom stereocenters. The molecule has 378 valence electrons. The number of imidazole rings is 2. The van der Waals surface area contributed by atoms with Crippen molar-refractivity contribution < 1.29 is 28.7 Å². The second-order valence-corrected chi connectivity index (χ2v) is 22.6. The Morgan fingerprint density at radius 2 is 0.958 bits per heavy atom. The maximum atomic E-state index is 14.0. The number of aromatic nitrogens is 4. The fourth-order valence-corrected chi connectivity index (χ4v) is 10.6. The van der Waals surface area contributed by atoms with Crippen molar-refractivity contribution in [1.29, 1.82) is 0 Å². The van der Waals surface area contributed by atoms with E-state index < -0.39 is 35.1 Å². The molecule has 8 rings (SSSR count). The van der Waals surface area contributed by atoms with E-state index in [1.807, 2.05) is 63.7 Å². The van der Waals surface area contributed by atoms with E-state index in [1.165, 1.54) is 36.6 Å². The molecule has 3 aliphatic rings. The Bertz CT molecular complexity index is 2520. The van der Waals surface area contributed by atoms with Crippen molar-refractivity contribution in [3.05, 3.63) is 114 Å². The lowest BCUT2D eigenvalue weighted by Gasteiger charge is -2.35. The monoisotopic (exact) mass is 968 g/mol. The summed E-state index contributed by atoms with van der Waals surface area (Å²) in [5, 5.41) is 5.54. The molecule has 0 bridgehead atoms. The van der Waals surface area contributed by atoms with E-state index in [0.29, 0.717) is 13.1 Å². The van der Waals surface area contributed by atoms with Gasteiger partial charge in [0, 0.05) is 42.3 Å². The number of H-pyrrole nitrogens is 2. The third kappa shape index (κ3) is 10.8. The second kappa shape index (κ2) is 20.2. The molecule has 3 fully saturated rings. The Kier molecular flexibility index (Phi) is 14.5. The number of benzene rings is 3. The van der Waals surface area contributed by atoms with Gasteiger partial charge in [-0.1, -0.05) is 123 Å². The average molecular weight is 968 g/mol. The molecule has 5 aromatic rings. The first-order valence-electron chi connectivity index (χ1n) is 25.2. The molecule has 0 radical (unpaired) electrons. The number of ether oxygens (including phenoxy) is 2. The molecule has 71 heavy (non-hydrogen) atoms.